The molecule has 0 aromatic heterocycles. The van der Waals surface area contributed by atoms with Crippen LogP contribution in [0.5, 0.6) is 0 Å². The molecule has 1 N–H and O–H groups in total. The minimum atomic E-state index is 0.401. The van der Waals surface area contributed by atoms with Gasteiger partial charge < -0.3 is 5.32 Å². The molecule has 0 radical (unpaired) electrons. The van der Waals surface area contributed by atoms with Gasteiger partial charge in [-0.15, -0.1) is 0 Å². The zero-order valence-corrected chi connectivity index (χ0v) is 9.41. The minimum Gasteiger partial charge on any atom is -0.312 e. The van der Waals surface area contributed by atoms with Gasteiger partial charge in [0.2, 0.25) is 0 Å². The smallest absolute Gasteiger partial charge is 0.0638 e. The third kappa shape index (κ3) is 2.93. The first-order chi connectivity index (χ1) is 7.40. The highest BCUT2D eigenvalue weighted by molar-refractivity contribution is 4.88. The Morgan fingerprint density at radius 1 is 1.27 bits per heavy atom. The Kier molecular flexibility index (Phi) is 3.99. The summed E-state index contributed by atoms with van der Waals surface area (Å²) in [5, 5.41) is 12.2. The second-order valence-electron chi connectivity index (χ2n) is 4.80. The zero-order chi connectivity index (χ0) is 10.5. The third-order valence-corrected chi connectivity index (χ3v) is 3.69. The van der Waals surface area contributed by atoms with Crippen LogP contribution < -0.4 is 5.32 Å². The van der Waals surface area contributed by atoms with Crippen LogP contribution in [0.3, 0.4) is 0 Å². The highest BCUT2D eigenvalue weighted by Crippen LogP contribution is 2.24. The molecule has 84 valence electrons. The van der Waals surface area contributed by atoms with Crippen LogP contribution in [0.15, 0.2) is 0 Å². The standard InChI is InChI=1S/C12H21N3/c13-7-6-11-10-15(9-3-8-14-11)12-4-1-2-5-12/h11-12,14H,1-6,8-10H2. The molecule has 3 nitrogen and oxygen atoms in total. The summed E-state index contributed by atoms with van der Waals surface area (Å²) in [6.45, 7) is 3.38. The van der Waals surface area contributed by atoms with E-state index < -0.39 is 0 Å². The summed E-state index contributed by atoms with van der Waals surface area (Å²) in [6, 6.07) is 3.50. The molecule has 1 atom stereocenters. The Balaban J connectivity index is 1.89. The fraction of sp³-hybridized carbons (Fsp3) is 0.917. The van der Waals surface area contributed by atoms with Gasteiger partial charge in [0.1, 0.15) is 0 Å². The first-order valence-corrected chi connectivity index (χ1v) is 6.24. The van der Waals surface area contributed by atoms with Crippen LogP contribution in [-0.4, -0.2) is 36.6 Å². The van der Waals surface area contributed by atoms with Gasteiger partial charge in [0.25, 0.3) is 0 Å². The second-order valence-corrected chi connectivity index (χ2v) is 4.80. The van der Waals surface area contributed by atoms with Gasteiger partial charge in [-0.2, -0.15) is 5.26 Å². The van der Waals surface area contributed by atoms with E-state index in [0.29, 0.717) is 12.5 Å². The summed E-state index contributed by atoms with van der Waals surface area (Å²) >= 11 is 0. The molecule has 0 aromatic carbocycles. The monoisotopic (exact) mass is 207 g/mol. The quantitative estimate of drug-likeness (QED) is 0.746. The predicted octanol–water partition coefficient (Wildman–Crippen LogP) is 1.51. The van der Waals surface area contributed by atoms with E-state index in [1.165, 1.54) is 38.6 Å². The third-order valence-electron chi connectivity index (χ3n) is 3.69. The maximum absolute atomic E-state index is 8.75. The minimum absolute atomic E-state index is 0.401. The van der Waals surface area contributed by atoms with E-state index in [4.69, 9.17) is 5.26 Å². The van der Waals surface area contributed by atoms with Gasteiger partial charge in [-0.1, -0.05) is 12.8 Å². The molecule has 2 fully saturated rings. The van der Waals surface area contributed by atoms with Gasteiger partial charge in [0.05, 0.1) is 12.5 Å². The fourth-order valence-corrected chi connectivity index (χ4v) is 2.88. The van der Waals surface area contributed by atoms with Crippen LogP contribution in [0.25, 0.3) is 0 Å². The summed E-state index contributed by atoms with van der Waals surface area (Å²) in [4.78, 5) is 2.62. The Bertz CT molecular complexity index is 228. The number of nitrogens with zero attached hydrogens (tertiary/aromatic N) is 2. The molecule has 0 amide bonds. The lowest BCUT2D eigenvalue weighted by Gasteiger charge is -2.29. The summed E-state index contributed by atoms with van der Waals surface area (Å²) < 4.78 is 0. The Labute approximate surface area is 92.4 Å². The van der Waals surface area contributed by atoms with E-state index >= 15 is 0 Å². The molecular weight excluding hydrogens is 186 g/mol. The van der Waals surface area contributed by atoms with E-state index in [1.807, 2.05) is 0 Å². The van der Waals surface area contributed by atoms with E-state index in [2.05, 4.69) is 16.3 Å². The first kappa shape index (κ1) is 10.9. The molecule has 1 unspecified atom stereocenters. The van der Waals surface area contributed by atoms with Crippen molar-refractivity contribution in [2.45, 2.75) is 50.6 Å². The second kappa shape index (κ2) is 5.48. The SMILES string of the molecule is N#CCC1CN(C2CCCC2)CCCN1. The van der Waals surface area contributed by atoms with Crippen LogP contribution in [0.4, 0.5) is 0 Å². The van der Waals surface area contributed by atoms with Gasteiger partial charge in [0, 0.05) is 18.6 Å². The van der Waals surface area contributed by atoms with E-state index in [1.54, 1.807) is 0 Å². The molecular formula is C12H21N3. The molecule has 1 saturated carbocycles. The maximum atomic E-state index is 8.75. The van der Waals surface area contributed by atoms with Crippen molar-refractivity contribution in [1.82, 2.24) is 10.2 Å². The van der Waals surface area contributed by atoms with Crippen LogP contribution in [0.2, 0.25) is 0 Å². The van der Waals surface area contributed by atoms with E-state index in [-0.39, 0.29) is 0 Å². The average molecular weight is 207 g/mol. The molecule has 2 aliphatic rings. The van der Waals surface area contributed by atoms with Gasteiger partial charge in [0.15, 0.2) is 0 Å². The van der Waals surface area contributed by atoms with Gasteiger partial charge in [-0.05, 0) is 32.4 Å². The molecule has 2 rings (SSSR count). The molecule has 1 heterocycles. The van der Waals surface area contributed by atoms with Crippen molar-refractivity contribution in [2.24, 2.45) is 0 Å². The number of nitrogens with one attached hydrogen (secondary N) is 1. The number of rotatable bonds is 2. The summed E-state index contributed by atoms with van der Waals surface area (Å²) in [5.74, 6) is 0. The summed E-state index contributed by atoms with van der Waals surface area (Å²) in [6.07, 6.45) is 7.44. The Morgan fingerprint density at radius 2 is 2.07 bits per heavy atom. The normalized spacial score (nSPS) is 29.9. The van der Waals surface area contributed by atoms with Gasteiger partial charge in [-0.3, -0.25) is 4.90 Å². The van der Waals surface area contributed by atoms with Gasteiger partial charge in [-0.25, -0.2) is 0 Å². The van der Waals surface area contributed by atoms with Crippen LogP contribution in [-0.2, 0) is 0 Å². The molecule has 15 heavy (non-hydrogen) atoms. The van der Waals surface area contributed by atoms with Crippen molar-refractivity contribution in [3.8, 4) is 6.07 Å². The lowest BCUT2D eigenvalue weighted by atomic mass is 10.1. The summed E-state index contributed by atoms with van der Waals surface area (Å²) in [5.41, 5.74) is 0. The largest absolute Gasteiger partial charge is 0.312 e. The van der Waals surface area contributed by atoms with Crippen molar-refractivity contribution < 1.29 is 0 Å². The van der Waals surface area contributed by atoms with Crippen molar-refractivity contribution in [3.63, 3.8) is 0 Å². The first-order valence-electron chi connectivity index (χ1n) is 6.24. The van der Waals surface area contributed by atoms with Crippen LogP contribution in [0, 0.1) is 11.3 Å². The lowest BCUT2D eigenvalue weighted by Crippen LogP contribution is -2.41. The highest BCUT2D eigenvalue weighted by atomic mass is 15.2. The van der Waals surface area contributed by atoms with Crippen molar-refractivity contribution in [2.75, 3.05) is 19.6 Å². The molecule has 1 saturated heterocycles. The van der Waals surface area contributed by atoms with Crippen molar-refractivity contribution >= 4 is 0 Å². The van der Waals surface area contributed by atoms with Crippen molar-refractivity contribution in [1.29, 1.82) is 5.26 Å². The van der Waals surface area contributed by atoms with Crippen LogP contribution in [0.1, 0.15) is 38.5 Å². The number of nitriles is 1. The molecule has 3 heteroatoms. The molecule has 0 aromatic rings. The van der Waals surface area contributed by atoms with Crippen LogP contribution >= 0.6 is 0 Å². The molecule has 0 bridgehead atoms. The lowest BCUT2D eigenvalue weighted by molar-refractivity contribution is 0.195. The number of hydrogen-bond donors (Lipinski definition) is 1. The van der Waals surface area contributed by atoms with Gasteiger partial charge >= 0.3 is 0 Å². The van der Waals surface area contributed by atoms with Crippen molar-refractivity contribution in [3.05, 3.63) is 0 Å². The Morgan fingerprint density at radius 3 is 2.80 bits per heavy atom. The highest BCUT2D eigenvalue weighted by Gasteiger charge is 2.26. The molecule has 1 aliphatic heterocycles. The summed E-state index contributed by atoms with van der Waals surface area (Å²) in [7, 11) is 0. The Hall–Kier alpha value is -0.590. The zero-order valence-electron chi connectivity index (χ0n) is 9.41. The topological polar surface area (TPSA) is 39.1 Å². The molecule has 1 aliphatic carbocycles. The predicted molar refractivity (Wildman–Crippen MR) is 60.5 cm³/mol. The molecule has 0 spiro atoms. The van der Waals surface area contributed by atoms with E-state index in [0.717, 1.165) is 19.1 Å². The van der Waals surface area contributed by atoms with E-state index in [9.17, 15) is 0 Å². The number of hydrogen-bond acceptors (Lipinski definition) is 3. The fourth-order valence-electron chi connectivity index (χ4n) is 2.88. The maximum Gasteiger partial charge on any atom is 0.0638 e. The average Bonchev–Trinajstić information content (AvgIpc) is 2.67.